The van der Waals surface area contributed by atoms with Gasteiger partial charge in [0.15, 0.2) is 0 Å². The Bertz CT molecular complexity index is 922. The maximum absolute atomic E-state index is 12.8. The second-order valence-corrected chi connectivity index (χ2v) is 7.87. The van der Waals surface area contributed by atoms with Crippen molar-refractivity contribution >= 4 is 17.5 Å². The Hall–Kier alpha value is -3.06. The lowest BCUT2D eigenvalue weighted by Gasteiger charge is -2.43. The van der Waals surface area contributed by atoms with E-state index in [-0.39, 0.29) is 18.4 Å². The van der Waals surface area contributed by atoms with Gasteiger partial charge in [0, 0.05) is 39.0 Å². The van der Waals surface area contributed by atoms with Gasteiger partial charge in [0.2, 0.25) is 5.91 Å². The van der Waals surface area contributed by atoms with Gasteiger partial charge in [0.05, 0.1) is 17.7 Å². The standard InChI is InChI=1S/C23H26N4O3/c1-30-17-22(29)27-23(15-20(25-27)19-7-3-2-4-8-19)9-12-26(13-10-23)21(28)14-18-6-5-11-24-16-18/h2-8,11,16H,9-10,12-15,17H2,1H3. The third-order valence-corrected chi connectivity index (χ3v) is 5.90. The fourth-order valence-corrected chi connectivity index (χ4v) is 4.29. The van der Waals surface area contributed by atoms with Crippen molar-refractivity contribution in [3.63, 3.8) is 0 Å². The van der Waals surface area contributed by atoms with Crippen LogP contribution in [0.15, 0.2) is 60.0 Å². The molecule has 1 saturated heterocycles. The van der Waals surface area contributed by atoms with Gasteiger partial charge in [-0.3, -0.25) is 14.6 Å². The number of hydrogen-bond acceptors (Lipinski definition) is 5. The lowest BCUT2D eigenvalue weighted by atomic mass is 9.82. The molecule has 7 heteroatoms. The SMILES string of the molecule is COCC(=O)N1N=C(c2ccccc2)CC12CCN(C(=O)Cc1cccnc1)CC2. The Kier molecular flexibility index (Phi) is 5.90. The highest BCUT2D eigenvalue weighted by atomic mass is 16.5. The number of ether oxygens (including phenoxy) is 1. The summed E-state index contributed by atoms with van der Waals surface area (Å²) in [4.78, 5) is 31.5. The first-order valence-electron chi connectivity index (χ1n) is 10.2. The summed E-state index contributed by atoms with van der Waals surface area (Å²) < 4.78 is 5.09. The number of amides is 2. The molecular formula is C23H26N4O3. The molecule has 3 heterocycles. The zero-order valence-corrected chi connectivity index (χ0v) is 17.2. The van der Waals surface area contributed by atoms with Crippen LogP contribution in [0.1, 0.15) is 30.4 Å². The highest BCUT2D eigenvalue weighted by molar-refractivity contribution is 6.03. The quantitative estimate of drug-likeness (QED) is 0.763. The summed E-state index contributed by atoms with van der Waals surface area (Å²) in [6.07, 6.45) is 5.86. The minimum absolute atomic E-state index is 0.00300. The minimum Gasteiger partial charge on any atom is -0.375 e. The Labute approximate surface area is 176 Å². The number of rotatable bonds is 5. The van der Waals surface area contributed by atoms with Crippen molar-refractivity contribution in [3.8, 4) is 0 Å². The van der Waals surface area contributed by atoms with Gasteiger partial charge in [-0.1, -0.05) is 36.4 Å². The molecule has 156 valence electrons. The summed E-state index contributed by atoms with van der Waals surface area (Å²) in [6.45, 7) is 1.21. The molecule has 2 amide bonds. The van der Waals surface area contributed by atoms with Crippen molar-refractivity contribution in [3.05, 3.63) is 66.0 Å². The van der Waals surface area contributed by atoms with Crippen LogP contribution in [0, 0.1) is 0 Å². The van der Waals surface area contributed by atoms with Crippen LogP contribution in [0.2, 0.25) is 0 Å². The molecule has 0 N–H and O–H groups in total. The molecule has 0 bridgehead atoms. The number of benzene rings is 1. The predicted molar refractivity (Wildman–Crippen MR) is 113 cm³/mol. The topological polar surface area (TPSA) is 75.1 Å². The van der Waals surface area contributed by atoms with E-state index in [9.17, 15) is 9.59 Å². The van der Waals surface area contributed by atoms with Gasteiger partial charge >= 0.3 is 0 Å². The lowest BCUT2D eigenvalue weighted by molar-refractivity contribution is -0.144. The van der Waals surface area contributed by atoms with E-state index in [1.165, 1.54) is 7.11 Å². The summed E-state index contributed by atoms with van der Waals surface area (Å²) in [5, 5.41) is 6.33. The molecule has 0 atom stereocenters. The normalized spacial score (nSPS) is 17.8. The van der Waals surface area contributed by atoms with E-state index in [2.05, 4.69) is 4.98 Å². The van der Waals surface area contributed by atoms with E-state index in [1.807, 2.05) is 47.4 Å². The van der Waals surface area contributed by atoms with Crippen molar-refractivity contribution in [2.45, 2.75) is 31.2 Å². The highest BCUT2D eigenvalue weighted by Crippen LogP contribution is 2.39. The summed E-state index contributed by atoms with van der Waals surface area (Å²) in [6, 6.07) is 13.7. The molecule has 2 aliphatic heterocycles. The van der Waals surface area contributed by atoms with Gasteiger partial charge in [0.1, 0.15) is 6.61 Å². The van der Waals surface area contributed by atoms with E-state index in [1.54, 1.807) is 17.4 Å². The fourth-order valence-electron chi connectivity index (χ4n) is 4.29. The minimum atomic E-state index is -0.397. The number of piperidine rings is 1. The number of hydrogen-bond donors (Lipinski definition) is 0. The van der Waals surface area contributed by atoms with Gasteiger partial charge in [-0.05, 0) is 30.0 Å². The van der Waals surface area contributed by atoms with Crippen molar-refractivity contribution < 1.29 is 14.3 Å². The maximum atomic E-state index is 12.8. The Morgan fingerprint density at radius 3 is 2.50 bits per heavy atom. The smallest absolute Gasteiger partial charge is 0.269 e. The molecule has 1 aromatic heterocycles. The fraction of sp³-hybridized carbons (Fsp3) is 0.391. The van der Waals surface area contributed by atoms with Crippen LogP contribution in [0.5, 0.6) is 0 Å². The van der Waals surface area contributed by atoms with Crippen molar-refractivity contribution in [1.29, 1.82) is 0 Å². The molecule has 0 aliphatic carbocycles. The first-order valence-corrected chi connectivity index (χ1v) is 10.2. The molecule has 2 aromatic rings. The van der Waals surface area contributed by atoms with Gasteiger partial charge in [-0.25, -0.2) is 5.01 Å². The average Bonchev–Trinajstić information content (AvgIpc) is 3.14. The van der Waals surface area contributed by atoms with E-state index in [0.717, 1.165) is 16.8 Å². The second-order valence-electron chi connectivity index (χ2n) is 7.87. The molecule has 30 heavy (non-hydrogen) atoms. The summed E-state index contributed by atoms with van der Waals surface area (Å²) in [5.41, 5.74) is 2.46. The Morgan fingerprint density at radius 2 is 1.83 bits per heavy atom. The molecule has 4 rings (SSSR count). The zero-order chi connectivity index (χ0) is 21.0. The Morgan fingerprint density at radius 1 is 1.07 bits per heavy atom. The molecule has 1 fully saturated rings. The molecule has 2 aliphatic rings. The van der Waals surface area contributed by atoms with E-state index in [4.69, 9.17) is 9.84 Å². The largest absolute Gasteiger partial charge is 0.375 e. The van der Waals surface area contributed by atoms with Crippen LogP contribution < -0.4 is 0 Å². The highest BCUT2D eigenvalue weighted by Gasteiger charge is 2.48. The van der Waals surface area contributed by atoms with Gasteiger partial charge in [0.25, 0.3) is 5.91 Å². The van der Waals surface area contributed by atoms with Crippen molar-refractivity contribution in [1.82, 2.24) is 14.9 Å². The van der Waals surface area contributed by atoms with Gasteiger partial charge in [-0.2, -0.15) is 5.10 Å². The van der Waals surface area contributed by atoms with Crippen LogP contribution in [0.4, 0.5) is 0 Å². The summed E-state index contributed by atoms with van der Waals surface area (Å²) in [7, 11) is 1.52. The van der Waals surface area contributed by atoms with Crippen LogP contribution in [-0.2, 0) is 20.7 Å². The molecule has 0 unspecified atom stereocenters. The molecular weight excluding hydrogens is 380 g/mol. The molecule has 1 spiro atoms. The first kappa shape index (κ1) is 20.2. The van der Waals surface area contributed by atoms with E-state index in [0.29, 0.717) is 38.8 Å². The number of likely N-dealkylation sites (tertiary alicyclic amines) is 1. The number of aromatic nitrogens is 1. The second kappa shape index (κ2) is 8.75. The van der Waals surface area contributed by atoms with Crippen molar-refractivity contribution in [2.75, 3.05) is 26.8 Å². The summed E-state index contributed by atoms with van der Waals surface area (Å²) >= 11 is 0. The molecule has 1 aromatic carbocycles. The molecule has 0 radical (unpaired) electrons. The summed E-state index contributed by atoms with van der Waals surface area (Å²) in [5.74, 6) is -0.0478. The van der Waals surface area contributed by atoms with Crippen molar-refractivity contribution in [2.24, 2.45) is 5.10 Å². The Balaban J connectivity index is 1.48. The van der Waals surface area contributed by atoms with Crippen LogP contribution in [0.3, 0.4) is 0 Å². The van der Waals surface area contributed by atoms with Gasteiger partial charge in [-0.15, -0.1) is 0 Å². The molecule has 7 nitrogen and oxygen atoms in total. The van der Waals surface area contributed by atoms with Crippen LogP contribution >= 0.6 is 0 Å². The third kappa shape index (κ3) is 4.11. The number of methoxy groups -OCH3 is 1. The van der Waals surface area contributed by atoms with Crippen LogP contribution in [0.25, 0.3) is 0 Å². The van der Waals surface area contributed by atoms with E-state index >= 15 is 0 Å². The number of hydrazone groups is 1. The number of carbonyl (C=O) groups excluding carboxylic acids is 2. The lowest BCUT2D eigenvalue weighted by Crippen LogP contribution is -2.55. The first-order chi connectivity index (χ1) is 14.6. The van der Waals surface area contributed by atoms with E-state index < -0.39 is 5.54 Å². The monoisotopic (exact) mass is 406 g/mol. The third-order valence-electron chi connectivity index (χ3n) is 5.90. The number of carbonyl (C=O) groups is 2. The number of nitrogens with zero attached hydrogens (tertiary/aromatic N) is 4. The zero-order valence-electron chi connectivity index (χ0n) is 17.2. The maximum Gasteiger partial charge on any atom is 0.269 e. The van der Waals surface area contributed by atoms with Gasteiger partial charge < -0.3 is 9.64 Å². The van der Waals surface area contributed by atoms with Crippen LogP contribution in [-0.4, -0.2) is 64.8 Å². The molecule has 0 saturated carbocycles. The average molecular weight is 406 g/mol. The predicted octanol–water partition coefficient (Wildman–Crippen LogP) is 2.27. The number of pyridine rings is 1.